The van der Waals surface area contributed by atoms with Crippen LogP contribution in [0.1, 0.15) is 41.0 Å². The van der Waals surface area contributed by atoms with Crippen LogP contribution < -0.4 is 15.0 Å². The minimum atomic E-state index is -0.828. The van der Waals surface area contributed by atoms with E-state index in [2.05, 4.69) is 20.3 Å². The Labute approximate surface area is 126 Å². The third-order valence-electron chi connectivity index (χ3n) is 2.62. The Kier molecular flexibility index (Phi) is 6.61. The Hall–Kier alpha value is -1.63. The van der Waals surface area contributed by atoms with Crippen LogP contribution in [0.25, 0.3) is 0 Å². The van der Waals surface area contributed by atoms with Gasteiger partial charge in [-0.2, -0.15) is 15.0 Å². The maximum absolute atomic E-state index is 10.0. The van der Waals surface area contributed by atoms with E-state index < -0.39 is 5.60 Å². The summed E-state index contributed by atoms with van der Waals surface area (Å²) < 4.78 is 5.52. The first-order valence-electron chi connectivity index (χ1n) is 7.49. The van der Waals surface area contributed by atoms with Gasteiger partial charge in [0.15, 0.2) is 0 Å². The lowest BCUT2D eigenvalue weighted by Crippen LogP contribution is -2.39. The van der Waals surface area contributed by atoms with Gasteiger partial charge in [-0.3, -0.25) is 0 Å². The monoisotopic (exact) mass is 297 g/mol. The maximum Gasteiger partial charge on any atom is 0.323 e. The number of hydrogen-bond donors (Lipinski definition) is 2. The van der Waals surface area contributed by atoms with Gasteiger partial charge >= 0.3 is 6.01 Å². The molecule has 0 aliphatic heterocycles. The van der Waals surface area contributed by atoms with Gasteiger partial charge in [0.25, 0.3) is 0 Å². The molecule has 1 heterocycles. The highest BCUT2D eigenvalue weighted by Crippen LogP contribution is 2.17. The van der Waals surface area contributed by atoms with E-state index in [-0.39, 0.29) is 0 Å². The van der Waals surface area contributed by atoms with E-state index in [0.29, 0.717) is 44.1 Å². The maximum atomic E-state index is 10.0. The van der Waals surface area contributed by atoms with E-state index in [1.807, 2.05) is 25.7 Å². The van der Waals surface area contributed by atoms with Crippen molar-refractivity contribution in [1.82, 2.24) is 15.0 Å². The van der Waals surface area contributed by atoms with Crippen molar-refractivity contribution >= 4 is 11.9 Å². The van der Waals surface area contributed by atoms with E-state index in [1.165, 1.54) is 0 Å². The summed E-state index contributed by atoms with van der Waals surface area (Å²) in [5, 5.41) is 13.1. The number of nitrogens with zero attached hydrogens (tertiary/aromatic N) is 4. The summed E-state index contributed by atoms with van der Waals surface area (Å²) in [6.45, 7) is 11.9. The predicted molar refractivity (Wildman–Crippen MR) is 84.0 cm³/mol. The van der Waals surface area contributed by atoms with Crippen molar-refractivity contribution < 1.29 is 9.84 Å². The molecule has 0 amide bonds. The molecule has 1 aromatic heterocycles. The summed E-state index contributed by atoms with van der Waals surface area (Å²) in [5.74, 6) is 1.000. The van der Waals surface area contributed by atoms with Crippen LogP contribution in [-0.4, -0.2) is 51.9 Å². The molecule has 0 aliphatic rings. The van der Waals surface area contributed by atoms with Gasteiger partial charge in [-0.05, 0) is 34.1 Å². The van der Waals surface area contributed by atoms with Crippen molar-refractivity contribution in [1.29, 1.82) is 0 Å². The van der Waals surface area contributed by atoms with Crippen LogP contribution in [0.15, 0.2) is 0 Å². The van der Waals surface area contributed by atoms with E-state index in [1.54, 1.807) is 13.8 Å². The number of rotatable bonds is 9. The molecule has 0 aromatic carbocycles. The average Bonchev–Trinajstić information content (AvgIpc) is 2.41. The van der Waals surface area contributed by atoms with Crippen LogP contribution in [0, 0.1) is 0 Å². The Morgan fingerprint density at radius 1 is 1.19 bits per heavy atom. The van der Waals surface area contributed by atoms with Crippen molar-refractivity contribution in [3.8, 4) is 6.01 Å². The van der Waals surface area contributed by atoms with Gasteiger partial charge in [-0.25, -0.2) is 0 Å². The highest BCUT2D eigenvalue weighted by Gasteiger charge is 2.21. The molecule has 120 valence electrons. The summed E-state index contributed by atoms with van der Waals surface area (Å²) in [6.07, 6.45) is 0.888. The normalized spacial score (nSPS) is 11.3. The summed E-state index contributed by atoms with van der Waals surface area (Å²) in [4.78, 5) is 14.9. The zero-order valence-electron chi connectivity index (χ0n) is 13.7. The van der Waals surface area contributed by atoms with Gasteiger partial charge in [0.1, 0.15) is 0 Å². The van der Waals surface area contributed by atoms with Crippen molar-refractivity contribution in [2.75, 3.05) is 36.5 Å². The van der Waals surface area contributed by atoms with Crippen LogP contribution in [0.2, 0.25) is 0 Å². The molecule has 0 fully saturated rings. The fraction of sp³-hybridized carbons (Fsp3) is 0.786. The third-order valence-corrected chi connectivity index (χ3v) is 2.62. The van der Waals surface area contributed by atoms with Crippen LogP contribution in [-0.2, 0) is 0 Å². The zero-order chi connectivity index (χ0) is 15.9. The number of ether oxygens (including phenoxy) is 1. The van der Waals surface area contributed by atoms with Crippen LogP contribution >= 0.6 is 0 Å². The standard InChI is InChI=1S/C14H27N5O2/c1-6-9-21-13-17-11(15-7-2)16-12(18-13)19(8-3)10-14(4,5)20/h20H,6-10H2,1-5H3,(H,15,16,17,18). The third kappa shape index (κ3) is 6.12. The van der Waals surface area contributed by atoms with Gasteiger partial charge < -0.3 is 20.1 Å². The van der Waals surface area contributed by atoms with Crippen molar-refractivity contribution in [3.05, 3.63) is 0 Å². The molecule has 0 atom stereocenters. The van der Waals surface area contributed by atoms with E-state index >= 15 is 0 Å². The summed E-state index contributed by atoms with van der Waals surface area (Å²) in [7, 11) is 0. The molecular formula is C14H27N5O2. The van der Waals surface area contributed by atoms with Crippen LogP contribution in [0.4, 0.5) is 11.9 Å². The molecule has 0 saturated carbocycles. The second-order valence-corrected chi connectivity index (χ2v) is 5.45. The summed E-state index contributed by atoms with van der Waals surface area (Å²) >= 11 is 0. The molecule has 0 spiro atoms. The molecule has 0 radical (unpaired) electrons. The first kappa shape index (κ1) is 17.4. The molecule has 7 nitrogen and oxygen atoms in total. The SMILES string of the molecule is CCCOc1nc(NCC)nc(N(CC)CC(C)(C)O)n1. The van der Waals surface area contributed by atoms with Gasteiger partial charge in [0.2, 0.25) is 11.9 Å². The number of hydrogen-bond acceptors (Lipinski definition) is 7. The average molecular weight is 297 g/mol. The minimum absolute atomic E-state index is 0.312. The van der Waals surface area contributed by atoms with E-state index in [4.69, 9.17) is 4.74 Å². The second-order valence-electron chi connectivity index (χ2n) is 5.45. The fourth-order valence-corrected chi connectivity index (χ4v) is 1.77. The molecule has 0 aliphatic carbocycles. The number of nitrogens with one attached hydrogen (secondary N) is 1. The number of aromatic nitrogens is 3. The van der Waals surface area contributed by atoms with Gasteiger partial charge in [0.05, 0.1) is 12.2 Å². The highest BCUT2D eigenvalue weighted by molar-refractivity contribution is 5.38. The molecule has 2 N–H and O–H groups in total. The molecule has 21 heavy (non-hydrogen) atoms. The first-order valence-corrected chi connectivity index (χ1v) is 7.49. The van der Waals surface area contributed by atoms with Gasteiger partial charge in [-0.1, -0.05) is 6.92 Å². The number of likely N-dealkylation sites (N-methyl/N-ethyl adjacent to an activating group) is 1. The minimum Gasteiger partial charge on any atom is -0.463 e. The molecule has 0 bridgehead atoms. The Balaban J connectivity index is 3.03. The molecule has 1 rings (SSSR count). The number of aliphatic hydroxyl groups is 1. The molecule has 1 aromatic rings. The van der Waals surface area contributed by atoms with Gasteiger partial charge in [-0.15, -0.1) is 0 Å². The highest BCUT2D eigenvalue weighted by atomic mass is 16.5. The first-order chi connectivity index (χ1) is 9.89. The smallest absolute Gasteiger partial charge is 0.323 e. The predicted octanol–water partition coefficient (Wildman–Crippen LogP) is 1.69. The van der Waals surface area contributed by atoms with Gasteiger partial charge in [0, 0.05) is 19.6 Å². The number of anilines is 2. The molecule has 7 heteroatoms. The Morgan fingerprint density at radius 3 is 2.43 bits per heavy atom. The van der Waals surface area contributed by atoms with Crippen LogP contribution in [0.3, 0.4) is 0 Å². The zero-order valence-corrected chi connectivity index (χ0v) is 13.7. The van der Waals surface area contributed by atoms with Crippen molar-refractivity contribution in [2.45, 2.75) is 46.6 Å². The van der Waals surface area contributed by atoms with Crippen molar-refractivity contribution in [2.24, 2.45) is 0 Å². The van der Waals surface area contributed by atoms with E-state index in [9.17, 15) is 5.11 Å². The quantitative estimate of drug-likeness (QED) is 0.717. The van der Waals surface area contributed by atoms with E-state index in [0.717, 1.165) is 6.42 Å². The lowest BCUT2D eigenvalue weighted by atomic mass is 10.1. The summed E-state index contributed by atoms with van der Waals surface area (Å²) in [5.41, 5.74) is -0.828. The van der Waals surface area contributed by atoms with Crippen molar-refractivity contribution in [3.63, 3.8) is 0 Å². The largest absolute Gasteiger partial charge is 0.463 e. The Morgan fingerprint density at radius 2 is 1.90 bits per heavy atom. The van der Waals surface area contributed by atoms with Crippen LogP contribution in [0.5, 0.6) is 6.01 Å². The lowest BCUT2D eigenvalue weighted by Gasteiger charge is -2.28. The summed E-state index contributed by atoms with van der Waals surface area (Å²) in [6, 6.07) is 0.312. The molecule has 0 unspecified atom stereocenters. The lowest BCUT2D eigenvalue weighted by molar-refractivity contribution is 0.0871. The molecular weight excluding hydrogens is 270 g/mol. The Bertz CT molecular complexity index is 434. The topological polar surface area (TPSA) is 83.4 Å². The second kappa shape index (κ2) is 7.97. The fourth-order valence-electron chi connectivity index (χ4n) is 1.77. The molecule has 0 saturated heterocycles.